The minimum absolute atomic E-state index is 0.702. The molecule has 0 spiro atoms. The van der Waals surface area contributed by atoms with Gasteiger partial charge in [-0.3, -0.25) is 4.57 Å². The number of aromatic nitrogens is 3. The normalized spacial score (nSPS) is 12.7. The summed E-state index contributed by atoms with van der Waals surface area (Å²) in [5.74, 6) is 3.15. The van der Waals surface area contributed by atoms with Crippen LogP contribution in [0.4, 0.5) is 17.2 Å². The molecular weight excluding hydrogens is 622 g/mol. The number of aryl methyl sites for hydroxylation is 2. The maximum Gasteiger partial charge on any atom is 0.138 e. The molecule has 0 saturated carbocycles. The predicted molar refractivity (Wildman–Crippen MR) is 187 cm³/mol. The highest BCUT2D eigenvalue weighted by Gasteiger charge is 2.26. The fourth-order valence-electron chi connectivity index (χ4n) is 6.52. The van der Waals surface area contributed by atoms with Crippen LogP contribution in [-0.4, -0.2) is 28.3 Å². The number of hydrogen-bond donors (Lipinski definition) is 0. The molecule has 45 heavy (non-hydrogen) atoms. The summed E-state index contributed by atoms with van der Waals surface area (Å²) >= 11 is 3.63. The van der Waals surface area contributed by atoms with Crippen molar-refractivity contribution in [1.82, 2.24) is 14.5 Å². The Kier molecular flexibility index (Phi) is 6.57. The van der Waals surface area contributed by atoms with Crippen molar-refractivity contribution in [2.75, 3.05) is 23.5 Å². The average Bonchev–Trinajstić information content (AvgIpc) is 3.55. The van der Waals surface area contributed by atoms with Crippen LogP contribution in [0.5, 0.6) is 11.5 Å². The van der Waals surface area contributed by atoms with Gasteiger partial charge in [0.2, 0.25) is 0 Å². The van der Waals surface area contributed by atoms with Crippen LogP contribution in [0.3, 0.4) is 0 Å². The quantitative estimate of drug-likeness (QED) is 0.185. The van der Waals surface area contributed by atoms with Gasteiger partial charge >= 0.3 is 0 Å². The van der Waals surface area contributed by atoms with Crippen molar-refractivity contribution in [3.05, 3.63) is 131 Å². The molecule has 7 aromatic rings. The van der Waals surface area contributed by atoms with Gasteiger partial charge in [-0.25, -0.2) is 9.97 Å². The first kappa shape index (κ1) is 27.4. The Morgan fingerprint density at radius 3 is 2.27 bits per heavy atom. The van der Waals surface area contributed by atoms with Gasteiger partial charge in [0.05, 0.1) is 34.8 Å². The Labute approximate surface area is 270 Å². The highest BCUT2D eigenvalue weighted by molar-refractivity contribution is 9.10. The third-order valence-electron chi connectivity index (χ3n) is 8.55. The van der Waals surface area contributed by atoms with Gasteiger partial charge in [-0.15, -0.1) is 0 Å². The monoisotopic (exact) mass is 651 g/mol. The van der Waals surface area contributed by atoms with E-state index in [1.165, 1.54) is 22.2 Å². The van der Waals surface area contributed by atoms with Crippen LogP contribution in [0.2, 0.25) is 0 Å². The molecule has 220 valence electrons. The van der Waals surface area contributed by atoms with Gasteiger partial charge in [0.15, 0.2) is 0 Å². The number of rotatable bonds is 5. The van der Waals surface area contributed by atoms with E-state index < -0.39 is 0 Å². The minimum Gasteiger partial charge on any atom is -0.457 e. The molecule has 0 N–H and O–H groups in total. The summed E-state index contributed by atoms with van der Waals surface area (Å²) in [6.45, 7) is 4.98. The van der Waals surface area contributed by atoms with Crippen LogP contribution in [0.1, 0.15) is 11.1 Å². The second-order valence-electron chi connectivity index (χ2n) is 11.5. The van der Waals surface area contributed by atoms with Crippen LogP contribution in [-0.2, 0) is 0 Å². The van der Waals surface area contributed by atoms with Crippen LogP contribution in [0.25, 0.3) is 38.9 Å². The largest absolute Gasteiger partial charge is 0.457 e. The van der Waals surface area contributed by atoms with Crippen LogP contribution < -0.4 is 14.5 Å². The lowest BCUT2D eigenvalue weighted by Gasteiger charge is -2.21. The van der Waals surface area contributed by atoms with Crippen LogP contribution in [0, 0.1) is 13.8 Å². The van der Waals surface area contributed by atoms with Gasteiger partial charge < -0.3 is 14.5 Å². The molecule has 0 unspecified atom stereocenters. The van der Waals surface area contributed by atoms with Crippen LogP contribution >= 0.6 is 15.9 Å². The zero-order valence-corrected chi connectivity index (χ0v) is 26.8. The van der Waals surface area contributed by atoms with Crippen molar-refractivity contribution in [3.63, 3.8) is 0 Å². The maximum absolute atomic E-state index is 6.73. The van der Waals surface area contributed by atoms with Gasteiger partial charge in [0.1, 0.15) is 23.1 Å². The van der Waals surface area contributed by atoms with Crippen LogP contribution in [0.15, 0.2) is 120 Å². The van der Waals surface area contributed by atoms with Gasteiger partial charge in [0, 0.05) is 52.3 Å². The van der Waals surface area contributed by atoms with E-state index in [1.807, 2.05) is 30.5 Å². The number of halogens is 1. The van der Waals surface area contributed by atoms with Crippen molar-refractivity contribution in [3.8, 4) is 28.6 Å². The first-order valence-electron chi connectivity index (χ1n) is 14.9. The number of para-hydroxylation sites is 3. The molecule has 0 amide bonds. The van der Waals surface area contributed by atoms with Gasteiger partial charge in [-0.2, -0.15) is 0 Å². The smallest absolute Gasteiger partial charge is 0.138 e. The third-order valence-corrected chi connectivity index (χ3v) is 9.05. The minimum atomic E-state index is 0.702. The molecule has 4 heterocycles. The van der Waals surface area contributed by atoms with E-state index in [1.54, 1.807) is 0 Å². The molecule has 1 aliphatic heterocycles. The summed E-state index contributed by atoms with van der Waals surface area (Å²) < 4.78 is 9.90. The van der Waals surface area contributed by atoms with Crippen molar-refractivity contribution < 1.29 is 4.74 Å². The summed E-state index contributed by atoms with van der Waals surface area (Å²) in [5.41, 5.74) is 8.80. The number of anilines is 3. The average molecular weight is 653 g/mol. The summed E-state index contributed by atoms with van der Waals surface area (Å²) in [6, 6.07) is 37.6. The predicted octanol–water partition coefficient (Wildman–Crippen LogP) is 9.96. The zero-order chi connectivity index (χ0) is 30.7. The van der Waals surface area contributed by atoms with Crippen molar-refractivity contribution in [2.45, 2.75) is 13.8 Å². The Hall–Kier alpha value is -5.14. The number of nitrogens with zero attached hydrogens (tertiary/aromatic N) is 5. The SMILES string of the molecule is Cc1cccc(C)c1-c1cc(Oc2ccc3c4ccccc4n(-c4cc(Br)ccn4)c3c2)cc(N2CN(C)c3ccccc32)n1. The summed E-state index contributed by atoms with van der Waals surface area (Å²) in [7, 11) is 2.11. The standard InChI is InChI=1S/C38H30BrN5O/c1-24-9-8-10-25(2)38(24)31-20-28(22-37(41-31)43-23-42(3)33-13-6-7-14-34(33)43)45-27-15-16-30-29-11-4-5-12-32(29)44(35(30)21-27)36-19-26(39)17-18-40-36/h4-22H,23H2,1-3H3. The van der Waals surface area contributed by atoms with Crippen molar-refractivity contribution >= 4 is 54.9 Å². The molecule has 6 nitrogen and oxygen atoms in total. The van der Waals surface area contributed by atoms with E-state index in [4.69, 9.17) is 14.7 Å². The van der Waals surface area contributed by atoms with E-state index in [-0.39, 0.29) is 0 Å². The first-order chi connectivity index (χ1) is 21.9. The molecule has 4 aromatic carbocycles. The molecule has 3 aromatic heterocycles. The molecular formula is C38H30BrN5O. The van der Waals surface area contributed by atoms with E-state index in [9.17, 15) is 0 Å². The number of hydrogen-bond acceptors (Lipinski definition) is 5. The Balaban J connectivity index is 1.28. The Morgan fingerprint density at radius 1 is 0.689 bits per heavy atom. The van der Waals surface area contributed by atoms with Crippen molar-refractivity contribution in [2.24, 2.45) is 0 Å². The molecule has 0 radical (unpaired) electrons. The summed E-state index contributed by atoms with van der Waals surface area (Å²) in [4.78, 5) is 14.4. The Morgan fingerprint density at radius 2 is 1.44 bits per heavy atom. The number of ether oxygens (including phenoxy) is 1. The lowest BCUT2D eigenvalue weighted by Crippen LogP contribution is -2.24. The number of pyridine rings is 2. The highest BCUT2D eigenvalue weighted by Crippen LogP contribution is 2.42. The molecule has 8 rings (SSSR count). The van der Waals surface area contributed by atoms with E-state index in [2.05, 4.69) is 136 Å². The molecule has 7 heteroatoms. The molecule has 0 saturated heterocycles. The second-order valence-corrected chi connectivity index (χ2v) is 12.5. The Bertz CT molecular complexity index is 2240. The highest BCUT2D eigenvalue weighted by atomic mass is 79.9. The lowest BCUT2D eigenvalue weighted by atomic mass is 9.99. The topological polar surface area (TPSA) is 46.4 Å². The molecule has 0 aliphatic carbocycles. The molecule has 0 fully saturated rings. The molecule has 0 bridgehead atoms. The van der Waals surface area contributed by atoms with Gasteiger partial charge in [-0.1, -0.05) is 64.5 Å². The number of benzene rings is 4. The fraction of sp³-hybridized carbons (Fsp3) is 0.105. The molecule has 1 aliphatic rings. The van der Waals surface area contributed by atoms with Gasteiger partial charge in [-0.05, 0) is 67.4 Å². The molecule has 0 atom stereocenters. The number of fused-ring (bicyclic) bond motifs is 4. The fourth-order valence-corrected chi connectivity index (χ4v) is 6.85. The third kappa shape index (κ3) is 4.71. The van der Waals surface area contributed by atoms with E-state index >= 15 is 0 Å². The van der Waals surface area contributed by atoms with E-state index in [0.29, 0.717) is 6.67 Å². The van der Waals surface area contributed by atoms with Gasteiger partial charge in [0.25, 0.3) is 0 Å². The second kappa shape index (κ2) is 10.8. The zero-order valence-electron chi connectivity index (χ0n) is 25.2. The lowest BCUT2D eigenvalue weighted by molar-refractivity contribution is 0.483. The van der Waals surface area contributed by atoms with Crippen molar-refractivity contribution in [1.29, 1.82) is 0 Å². The van der Waals surface area contributed by atoms with E-state index in [0.717, 1.165) is 61.0 Å². The first-order valence-corrected chi connectivity index (χ1v) is 15.7. The summed E-state index contributed by atoms with van der Waals surface area (Å²) in [5, 5.41) is 2.31. The summed E-state index contributed by atoms with van der Waals surface area (Å²) in [6.07, 6.45) is 1.82. The maximum atomic E-state index is 6.73.